The number of ether oxygens (including phenoxy) is 1. The maximum absolute atomic E-state index is 14.6. The van der Waals surface area contributed by atoms with E-state index in [0.717, 1.165) is 11.1 Å². The molecule has 5 heterocycles. The molecule has 0 aliphatic carbocycles. The molecule has 0 saturated carbocycles. The normalized spacial score (nSPS) is 17.9. The smallest absolute Gasteiger partial charge is 0.309 e. The molecule has 2 aliphatic rings. The number of halogens is 3. The lowest BCUT2D eigenvalue weighted by Gasteiger charge is -2.26. The second-order valence-electron chi connectivity index (χ2n) is 9.28. The average molecular weight is 542 g/mol. The number of fused-ring (bicyclic) bond motifs is 5. The van der Waals surface area contributed by atoms with Gasteiger partial charge in [0.05, 0.1) is 40.5 Å². The van der Waals surface area contributed by atoms with Crippen molar-refractivity contribution >= 4 is 28.5 Å². The van der Waals surface area contributed by atoms with E-state index >= 15 is 0 Å². The molecule has 10 heteroatoms. The van der Waals surface area contributed by atoms with Crippen molar-refractivity contribution < 1.29 is 36.0 Å². The van der Waals surface area contributed by atoms with Gasteiger partial charge in [0.1, 0.15) is 18.0 Å². The van der Waals surface area contributed by atoms with Crippen LogP contribution in [0.2, 0.25) is 5.02 Å². The quantitative estimate of drug-likeness (QED) is 0.267. The first-order chi connectivity index (χ1) is 17.3. The van der Waals surface area contributed by atoms with E-state index in [1.54, 1.807) is 17.6 Å². The highest BCUT2D eigenvalue weighted by Gasteiger charge is 2.40. The van der Waals surface area contributed by atoms with Crippen molar-refractivity contribution in [1.82, 2.24) is 9.55 Å². The largest absolute Gasteiger partial charge is 1.00 e. The van der Waals surface area contributed by atoms with Gasteiger partial charge in [0.2, 0.25) is 0 Å². The average Bonchev–Trinajstić information content (AvgIpc) is 3.17. The highest BCUT2D eigenvalue weighted by Crippen LogP contribution is 2.40. The Labute approximate surface area is 222 Å². The van der Waals surface area contributed by atoms with Crippen LogP contribution in [-0.4, -0.2) is 20.6 Å². The van der Waals surface area contributed by atoms with Gasteiger partial charge in [-0.05, 0) is 30.2 Å². The summed E-state index contributed by atoms with van der Waals surface area (Å²) in [6.07, 6.45) is 3.83. The van der Waals surface area contributed by atoms with Crippen LogP contribution in [0.5, 0.6) is 0 Å². The standard InChI is InChI=1S/C27H22ClFN3O4.ClH/c1-2-27(35)11-24(33)36-14-18-19(27)9-23-25-17(13-32(23)26(18)34)16(12-31-6-4-3-5-7-31)15-8-21(29)20(28)10-22(15)30-25;/h3-10,35H,2,11-14H2,1H3;1H/q+1;/p-1. The summed E-state index contributed by atoms with van der Waals surface area (Å²) in [6.45, 7) is 2.22. The Morgan fingerprint density at radius 3 is 2.68 bits per heavy atom. The summed E-state index contributed by atoms with van der Waals surface area (Å²) in [4.78, 5) is 30.6. The number of benzene rings is 1. The van der Waals surface area contributed by atoms with Crippen LogP contribution in [0, 0.1) is 5.82 Å². The molecule has 0 radical (unpaired) electrons. The van der Waals surface area contributed by atoms with Crippen LogP contribution in [-0.2, 0) is 34.8 Å². The number of aromatic nitrogens is 3. The van der Waals surface area contributed by atoms with Gasteiger partial charge in [0.15, 0.2) is 18.9 Å². The third-order valence-corrected chi connectivity index (χ3v) is 7.51. The van der Waals surface area contributed by atoms with Crippen molar-refractivity contribution in [3.63, 3.8) is 0 Å². The third kappa shape index (κ3) is 4.00. The summed E-state index contributed by atoms with van der Waals surface area (Å²) < 4.78 is 23.4. The number of nitrogens with zero attached hydrogens (tertiary/aromatic N) is 3. The fraction of sp³-hybridized carbons (Fsp3) is 0.259. The summed E-state index contributed by atoms with van der Waals surface area (Å²) in [6, 6.07) is 10.4. The van der Waals surface area contributed by atoms with E-state index < -0.39 is 17.4 Å². The second-order valence-corrected chi connectivity index (χ2v) is 9.69. The van der Waals surface area contributed by atoms with E-state index in [9.17, 15) is 19.1 Å². The molecule has 190 valence electrons. The molecular formula is C27H22Cl2FN3O4. The Morgan fingerprint density at radius 2 is 1.95 bits per heavy atom. The molecule has 6 rings (SSSR count). The summed E-state index contributed by atoms with van der Waals surface area (Å²) in [5.41, 5.74) is 2.04. The molecule has 0 bridgehead atoms. The molecule has 0 spiro atoms. The molecule has 1 N–H and O–H groups in total. The third-order valence-electron chi connectivity index (χ3n) is 7.22. The van der Waals surface area contributed by atoms with E-state index in [2.05, 4.69) is 0 Å². The molecule has 1 unspecified atom stereocenters. The number of esters is 1. The first kappa shape index (κ1) is 25.3. The van der Waals surface area contributed by atoms with Crippen molar-refractivity contribution in [2.45, 2.75) is 45.1 Å². The molecule has 0 amide bonds. The molecule has 1 atom stereocenters. The van der Waals surface area contributed by atoms with Crippen LogP contribution in [0.1, 0.15) is 42.0 Å². The Kier molecular flexibility index (Phi) is 6.30. The summed E-state index contributed by atoms with van der Waals surface area (Å²) in [5.74, 6) is -1.09. The fourth-order valence-corrected chi connectivity index (χ4v) is 5.42. The number of hydrogen-bond acceptors (Lipinski definition) is 5. The molecule has 1 aromatic carbocycles. The van der Waals surface area contributed by atoms with E-state index in [1.807, 2.05) is 35.2 Å². The molecule has 0 saturated heterocycles. The lowest BCUT2D eigenvalue weighted by atomic mass is 9.85. The zero-order valence-corrected chi connectivity index (χ0v) is 21.3. The molecule has 7 nitrogen and oxygen atoms in total. The SMILES string of the molecule is CCC1(O)CC(=O)OCc2c1cc1n(c2=O)Cc2c-1nc1cc(Cl)c(F)cc1c2C[n+]1ccccc1.[Cl-]. The second kappa shape index (κ2) is 9.20. The zero-order valence-electron chi connectivity index (χ0n) is 19.8. The van der Waals surface area contributed by atoms with Gasteiger partial charge in [-0.2, -0.15) is 0 Å². The molecule has 3 aromatic heterocycles. The van der Waals surface area contributed by atoms with Crippen molar-refractivity contribution in [2.24, 2.45) is 0 Å². The molecule has 0 fully saturated rings. The van der Waals surface area contributed by atoms with Crippen molar-refractivity contribution in [3.8, 4) is 11.4 Å². The highest BCUT2D eigenvalue weighted by molar-refractivity contribution is 6.31. The minimum absolute atomic E-state index is 0. The Balaban J connectivity index is 0.00000280. The van der Waals surface area contributed by atoms with Crippen molar-refractivity contribution in [2.75, 3.05) is 0 Å². The Morgan fingerprint density at radius 1 is 1.19 bits per heavy atom. The first-order valence-electron chi connectivity index (χ1n) is 11.7. The van der Waals surface area contributed by atoms with Crippen molar-refractivity contribution in [3.05, 3.63) is 92.2 Å². The van der Waals surface area contributed by atoms with Crippen LogP contribution >= 0.6 is 11.6 Å². The van der Waals surface area contributed by atoms with Crippen LogP contribution < -0.4 is 22.5 Å². The van der Waals surface area contributed by atoms with E-state index in [0.29, 0.717) is 34.4 Å². The van der Waals surface area contributed by atoms with Gasteiger partial charge in [-0.15, -0.1) is 0 Å². The van der Waals surface area contributed by atoms with E-state index in [4.69, 9.17) is 21.3 Å². The molecule has 37 heavy (non-hydrogen) atoms. The number of pyridine rings is 3. The maximum Gasteiger partial charge on any atom is 0.309 e. The number of cyclic esters (lactones) is 1. The minimum atomic E-state index is -1.52. The fourth-order valence-electron chi connectivity index (χ4n) is 5.26. The molecule has 4 aromatic rings. The van der Waals surface area contributed by atoms with Gasteiger partial charge in [-0.25, -0.2) is 13.9 Å². The highest BCUT2D eigenvalue weighted by atomic mass is 35.5. The number of hydrogen-bond donors (Lipinski definition) is 1. The van der Waals surface area contributed by atoms with Gasteiger partial charge in [-0.3, -0.25) is 9.59 Å². The monoisotopic (exact) mass is 541 g/mol. The van der Waals surface area contributed by atoms with Crippen LogP contribution in [0.3, 0.4) is 0 Å². The number of carbonyl (C=O) groups excluding carboxylic acids is 1. The van der Waals surface area contributed by atoms with Gasteiger partial charge in [0, 0.05) is 28.6 Å². The lowest BCUT2D eigenvalue weighted by molar-refractivity contribution is -0.688. The Bertz CT molecular complexity index is 1640. The first-order valence-corrected chi connectivity index (χ1v) is 12.1. The number of rotatable bonds is 3. The van der Waals surface area contributed by atoms with Gasteiger partial charge < -0.3 is 26.8 Å². The number of carbonyl (C=O) groups is 1. The lowest BCUT2D eigenvalue weighted by Crippen LogP contribution is -3.00. The summed E-state index contributed by atoms with van der Waals surface area (Å²) >= 11 is 6.11. The predicted octanol–water partition coefficient (Wildman–Crippen LogP) is 0.602. The number of aliphatic hydroxyl groups is 1. The van der Waals surface area contributed by atoms with Crippen LogP contribution in [0.4, 0.5) is 4.39 Å². The van der Waals surface area contributed by atoms with Crippen LogP contribution in [0.25, 0.3) is 22.3 Å². The van der Waals surface area contributed by atoms with E-state index in [-0.39, 0.29) is 54.5 Å². The summed E-state index contributed by atoms with van der Waals surface area (Å²) in [5, 5.41) is 11.9. The van der Waals surface area contributed by atoms with Gasteiger partial charge >= 0.3 is 5.97 Å². The molecular weight excluding hydrogens is 520 g/mol. The zero-order chi connectivity index (χ0) is 25.2. The summed E-state index contributed by atoms with van der Waals surface area (Å²) in [7, 11) is 0. The topological polar surface area (TPSA) is 85.3 Å². The Hall–Kier alpha value is -3.33. The van der Waals surface area contributed by atoms with Crippen molar-refractivity contribution in [1.29, 1.82) is 0 Å². The predicted molar refractivity (Wildman–Crippen MR) is 130 cm³/mol. The maximum atomic E-state index is 14.6. The minimum Gasteiger partial charge on any atom is -1.00 e. The van der Waals surface area contributed by atoms with Gasteiger partial charge in [-0.1, -0.05) is 24.6 Å². The van der Waals surface area contributed by atoms with Crippen LogP contribution in [0.15, 0.2) is 53.6 Å². The van der Waals surface area contributed by atoms with E-state index in [1.165, 1.54) is 12.1 Å². The van der Waals surface area contributed by atoms with Gasteiger partial charge in [0.25, 0.3) is 5.56 Å². The molecule has 2 aliphatic heterocycles.